The van der Waals surface area contributed by atoms with E-state index in [1.54, 1.807) is 24.3 Å². The number of hydrogen-bond donors (Lipinski definition) is 2. The molecule has 0 unspecified atom stereocenters. The van der Waals surface area contributed by atoms with E-state index in [1.165, 1.54) is 79.7 Å². The molecule has 0 aromatic heterocycles. The average molecular weight is 688 g/mol. The van der Waals surface area contributed by atoms with Gasteiger partial charge in [-0.05, 0) is 84.6 Å². The normalized spacial score (nSPS) is 12.4. The molecule has 4 aromatic carbocycles. The third kappa shape index (κ3) is 6.49. The van der Waals surface area contributed by atoms with Crippen molar-refractivity contribution in [2.45, 2.75) is 37.0 Å². The Labute approximate surface area is 245 Å². The number of halogens is 8. The first-order chi connectivity index (χ1) is 18.5. The highest BCUT2D eigenvalue weighted by Crippen LogP contribution is 2.47. The molecular formula is C30H26Br2F6N2. The Morgan fingerprint density at radius 3 is 0.825 bits per heavy atom. The Balaban J connectivity index is 0.000000220. The summed E-state index contributed by atoms with van der Waals surface area (Å²) in [5.41, 5.74) is 8.52. The van der Waals surface area contributed by atoms with Crippen molar-refractivity contribution >= 4 is 43.2 Å². The Morgan fingerprint density at radius 1 is 0.425 bits per heavy atom. The van der Waals surface area contributed by atoms with Gasteiger partial charge in [-0.15, -0.1) is 0 Å². The van der Waals surface area contributed by atoms with Crippen LogP contribution in [0.25, 0.3) is 0 Å². The Bertz CT molecular complexity index is 1200. The van der Waals surface area contributed by atoms with E-state index in [-0.39, 0.29) is 22.3 Å². The molecule has 0 atom stereocenters. The summed E-state index contributed by atoms with van der Waals surface area (Å²) in [5.74, 6) is 0. The highest BCUT2D eigenvalue weighted by molar-refractivity contribution is 9.10. The molecule has 10 heteroatoms. The molecule has 4 N–H and O–H groups in total. The fourth-order valence-corrected chi connectivity index (χ4v) is 4.72. The molecule has 4 aromatic rings. The number of nitrogen functional groups attached to an aromatic ring is 2. The van der Waals surface area contributed by atoms with Crippen LogP contribution in [0, 0.1) is 0 Å². The molecule has 0 saturated heterocycles. The molecule has 2 nitrogen and oxygen atoms in total. The van der Waals surface area contributed by atoms with Crippen molar-refractivity contribution in [3.05, 3.63) is 128 Å². The van der Waals surface area contributed by atoms with Crippen molar-refractivity contribution in [1.29, 1.82) is 0 Å². The summed E-state index contributed by atoms with van der Waals surface area (Å²) in [6.45, 7) is 2.36. The lowest BCUT2D eigenvalue weighted by atomic mass is 9.75. The van der Waals surface area contributed by atoms with Crippen molar-refractivity contribution in [3.63, 3.8) is 0 Å². The molecule has 0 bridgehead atoms. The molecule has 0 fully saturated rings. The largest absolute Gasteiger partial charge is 0.402 e. The third-order valence-corrected chi connectivity index (χ3v) is 8.01. The molecule has 0 spiro atoms. The maximum Gasteiger partial charge on any atom is 0.402 e. The van der Waals surface area contributed by atoms with Crippen LogP contribution in [-0.4, -0.2) is 12.4 Å². The van der Waals surface area contributed by atoms with Gasteiger partial charge in [0.15, 0.2) is 0 Å². The van der Waals surface area contributed by atoms with Gasteiger partial charge in [-0.25, -0.2) is 0 Å². The van der Waals surface area contributed by atoms with E-state index in [4.69, 9.17) is 11.5 Å². The van der Waals surface area contributed by atoms with E-state index in [0.29, 0.717) is 11.4 Å². The van der Waals surface area contributed by atoms with Crippen LogP contribution in [0.1, 0.15) is 36.1 Å². The van der Waals surface area contributed by atoms with Crippen LogP contribution in [0.2, 0.25) is 0 Å². The fraction of sp³-hybridized carbons (Fsp3) is 0.200. The maximum atomic E-state index is 13.7. The lowest BCUT2D eigenvalue weighted by Gasteiger charge is -2.33. The van der Waals surface area contributed by atoms with E-state index in [9.17, 15) is 26.3 Å². The van der Waals surface area contributed by atoms with Gasteiger partial charge in [0.2, 0.25) is 0 Å². The van der Waals surface area contributed by atoms with Crippen molar-refractivity contribution in [1.82, 2.24) is 0 Å². The summed E-state index contributed by atoms with van der Waals surface area (Å²) in [6, 6.07) is 24.0. The Morgan fingerprint density at radius 2 is 0.625 bits per heavy atom. The van der Waals surface area contributed by atoms with Gasteiger partial charge in [0.05, 0.1) is 0 Å². The number of benzene rings is 4. The minimum absolute atomic E-state index is 0.143. The molecule has 0 aliphatic carbocycles. The molecular weight excluding hydrogens is 662 g/mol. The van der Waals surface area contributed by atoms with Crippen LogP contribution >= 0.6 is 31.9 Å². The van der Waals surface area contributed by atoms with Crippen LogP contribution in [0.5, 0.6) is 0 Å². The second-order valence-corrected chi connectivity index (χ2v) is 11.3. The van der Waals surface area contributed by atoms with Crippen molar-refractivity contribution in [2.24, 2.45) is 0 Å². The van der Waals surface area contributed by atoms with Crippen LogP contribution in [0.4, 0.5) is 37.7 Å². The zero-order valence-corrected chi connectivity index (χ0v) is 24.6. The molecule has 0 aliphatic heterocycles. The SMILES string of the molecule is CC(c1ccc(Br)cc1)(c1ccc(Br)cc1)C(F)(F)F.CC(c1ccc(N)cc1)(c1ccc(N)cc1)C(F)(F)F. The highest BCUT2D eigenvalue weighted by Gasteiger charge is 2.54. The molecule has 212 valence electrons. The van der Waals surface area contributed by atoms with Crippen LogP contribution in [0.3, 0.4) is 0 Å². The van der Waals surface area contributed by atoms with Gasteiger partial charge < -0.3 is 11.5 Å². The lowest BCUT2D eigenvalue weighted by molar-refractivity contribution is -0.173. The molecule has 0 saturated carbocycles. The number of rotatable bonds is 4. The summed E-state index contributed by atoms with van der Waals surface area (Å²) >= 11 is 6.48. The van der Waals surface area contributed by atoms with Gasteiger partial charge >= 0.3 is 12.4 Å². The summed E-state index contributed by atoms with van der Waals surface area (Å²) in [4.78, 5) is 0. The first-order valence-corrected chi connectivity index (χ1v) is 13.5. The molecule has 0 amide bonds. The van der Waals surface area contributed by atoms with Crippen molar-refractivity contribution in [2.75, 3.05) is 11.5 Å². The number of alkyl halides is 6. The van der Waals surface area contributed by atoms with E-state index in [2.05, 4.69) is 31.9 Å². The predicted molar refractivity (Wildman–Crippen MR) is 155 cm³/mol. The lowest BCUT2D eigenvalue weighted by Crippen LogP contribution is -2.40. The summed E-state index contributed by atoms with van der Waals surface area (Å²) in [6.07, 6.45) is -8.81. The number of hydrogen-bond acceptors (Lipinski definition) is 2. The fourth-order valence-electron chi connectivity index (χ4n) is 4.19. The van der Waals surface area contributed by atoms with E-state index >= 15 is 0 Å². The zero-order chi connectivity index (χ0) is 29.9. The minimum atomic E-state index is -4.43. The van der Waals surface area contributed by atoms with Gasteiger partial charge in [-0.1, -0.05) is 80.4 Å². The maximum absolute atomic E-state index is 13.7. The van der Waals surface area contributed by atoms with Gasteiger partial charge in [-0.2, -0.15) is 26.3 Å². The number of anilines is 2. The Kier molecular flexibility index (Phi) is 9.36. The molecule has 4 rings (SSSR count). The topological polar surface area (TPSA) is 52.0 Å². The van der Waals surface area contributed by atoms with E-state index < -0.39 is 23.2 Å². The van der Waals surface area contributed by atoms with Crippen molar-refractivity contribution < 1.29 is 26.3 Å². The first kappa shape index (κ1) is 31.5. The van der Waals surface area contributed by atoms with Crippen LogP contribution in [0.15, 0.2) is 106 Å². The van der Waals surface area contributed by atoms with Crippen LogP contribution < -0.4 is 11.5 Å². The van der Waals surface area contributed by atoms with Gasteiger partial charge in [0, 0.05) is 20.3 Å². The van der Waals surface area contributed by atoms with Crippen molar-refractivity contribution in [3.8, 4) is 0 Å². The summed E-state index contributed by atoms with van der Waals surface area (Å²) in [7, 11) is 0. The first-order valence-electron chi connectivity index (χ1n) is 11.9. The highest BCUT2D eigenvalue weighted by atomic mass is 79.9. The minimum Gasteiger partial charge on any atom is -0.399 e. The number of nitrogens with two attached hydrogens (primary N) is 2. The second-order valence-electron chi connectivity index (χ2n) is 9.50. The van der Waals surface area contributed by atoms with Crippen LogP contribution in [-0.2, 0) is 10.8 Å². The standard InChI is InChI=1S/C15H11Br2F3.C15H15F3N2/c1-14(15(18,19)20,10-2-6-12(16)7-3-10)11-4-8-13(17)9-5-11;1-14(15(16,17)18,10-2-6-12(19)7-3-10)11-4-8-13(20)9-5-11/h2-9H,1H3;2-9H,19-20H2,1H3. The second kappa shape index (κ2) is 11.9. The molecule has 0 radical (unpaired) electrons. The third-order valence-electron chi connectivity index (χ3n) is 6.95. The van der Waals surface area contributed by atoms with Gasteiger partial charge in [0.1, 0.15) is 10.8 Å². The molecule has 0 aliphatic rings. The molecule has 0 heterocycles. The van der Waals surface area contributed by atoms with E-state index in [0.717, 1.165) is 15.9 Å². The molecule has 40 heavy (non-hydrogen) atoms. The Hall–Kier alpha value is -2.98. The quantitative estimate of drug-likeness (QED) is 0.166. The smallest absolute Gasteiger partial charge is 0.399 e. The van der Waals surface area contributed by atoms with Gasteiger partial charge in [-0.3, -0.25) is 0 Å². The summed E-state index contributed by atoms with van der Waals surface area (Å²) < 4.78 is 83.3. The van der Waals surface area contributed by atoms with Gasteiger partial charge in [0.25, 0.3) is 0 Å². The monoisotopic (exact) mass is 686 g/mol. The average Bonchev–Trinajstić information content (AvgIpc) is 2.88. The van der Waals surface area contributed by atoms with E-state index in [1.807, 2.05) is 0 Å². The predicted octanol–water partition coefficient (Wildman–Crippen LogP) is 9.80. The zero-order valence-electron chi connectivity index (χ0n) is 21.4. The summed E-state index contributed by atoms with van der Waals surface area (Å²) in [5, 5.41) is 0.